The molecule has 0 aromatic carbocycles. The van der Waals surface area contributed by atoms with Crippen molar-refractivity contribution in [3.8, 4) is 0 Å². The van der Waals surface area contributed by atoms with Gasteiger partial charge in [-0.2, -0.15) is 0 Å². The van der Waals surface area contributed by atoms with Gasteiger partial charge in [0, 0.05) is 6.54 Å². The number of nitrogens with one attached hydrogen (secondary N) is 2. The maximum atomic E-state index is 11.6. The minimum absolute atomic E-state index is 0.0484. The van der Waals surface area contributed by atoms with Gasteiger partial charge in [0.2, 0.25) is 11.8 Å². The summed E-state index contributed by atoms with van der Waals surface area (Å²) in [4.78, 5) is 45.2. The lowest BCUT2D eigenvalue weighted by Gasteiger charge is -2.31. The molecule has 0 saturated carbocycles. The van der Waals surface area contributed by atoms with Gasteiger partial charge in [-0.15, -0.1) is 0 Å². The molecule has 3 N–H and O–H groups in total. The van der Waals surface area contributed by atoms with Crippen molar-refractivity contribution >= 4 is 23.8 Å². The van der Waals surface area contributed by atoms with E-state index in [0.717, 1.165) is 4.90 Å². The summed E-state index contributed by atoms with van der Waals surface area (Å²) in [6.07, 6.45) is -0.214. The van der Waals surface area contributed by atoms with E-state index in [1.54, 1.807) is 0 Å². The molecule has 1 heterocycles. The van der Waals surface area contributed by atoms with E-state index in [2.05, 4.69) is 10.6 Å². The van der Waals surface area contributed by atoms with E-state index in [1.165, 1.54) is 6.92 Å². The zero-order chi connectivity index (χ0) is 13.0. The van der Waals surface area contributed by atoms with Gasteiger partial charge in [-0.1, -0.05) is 0 Å². The van der Waals surface area contributed by atoms with Gasteiger partial charge in [-0.3, -0.25) is 19.7 Å². The molecule has 0 aromatic rings. The average Bonchev–Trinajstić information content (AvgIpc) is 2.22. The Hall–Kier alpha value is -2.12. The Morgan fingerprint density at radius 3 is 2.76 bits per heavy atom. The molecule has 0 aromatic heterocycles. The van der Waals surface area contributed by atoms with Crippen LogP contribution >= 0.6 is 0 Å². The van der Waals surface area contributed by atoms with Crippen LogP contribution in [0, 0.1) is 0 Å². The molecule has 4 amide bonds. The fourth-order valence-electron chi connectivity index (χ4n) is 1.34. The van der Waals surface area contributed by atoms with Crippen LogP contribution in [-0.4, -0.2) is 53.0 Å². The highest BCUT2D eigenvalue weighted by Crippen LogP contribution is 2.04. The number of carbonyl (C=O) groups is 4. The second kappa shape index (κ2) is 5.28. The average molecular weight is 243 g/mol. The van der Waals surface area contributed by atoms with Crippen molar-refractivity contribution in [2.75, 3.05) is 13.1 Å². The Morgan fingerprint density at radius 1 is 1.53 bits per heavy atom. The van der Waals surface area contributed by atoms with Gasteiger partial charge < -0.3 is 15.3 Å². The summed E-state index contributed by atoms with van der Waals surface area (Å²) >= 11 is 0. The lowest BCUT2D eigenvalue weighted by molar-refractivity contribution is -0.139. The lowest BCUT2D eigenvalue weighted by Crippen LogP contribution is -2.60. The van der Waals surface area contributed by atoms with Crippen molar-refractivity contribution in [2.45, 2.75) is 19.4 Å². The fourth-order valence-corrected chi connectivity index (χ4v) is 1.34. The van der Waals surface area contributed by atoms with E-state index >= 15 is 0 Å². The van der Waals surface area contributed by atoms with E-state index in [0.29, 0.717) is 0 Å². The predicted molar refractivity (Wildman–Crippen MR) is 55.0 cm³/mol. The van der Waals surface area contributed by atoms with Gasteiger partial charge in [0.25, 0.3) is 0 Å². The Bertz CT molecular complexity index is 368. The molecule has 1 rings (SSSR count). The van der Waals surface area contributed by atoms with Gasteiger partial charge in [0.05, 0.1) is 6.42 Å². The largest absolute Gasteiger partial charge is 0.481 e. The van der Waals surface area contributed by atoms with Crippen LogP contribution in [0.5, 0.6) is 0 Å². The van der Waals surface area contributed by atoms with Crippen LogP contribution < -0.4 is 10.6 Å². The molecule has 1 atom stereocenters. The predicted octanol–water partition coefficient (Wildman–Crippen LogP) is -1.48. The Labute approximate surface area is 97.0 Å². The minimum atomic E-state index is -1.04. The zero-order valence-electron chi connectivity index (χ0n) is 9.23. The molecule has 94 valence electrons. The van der Waals surface area contributed by atoms with Crippen LogP contribution in [0.25, 0.3) is 0 Å². The molecule has 1 saturated heterocycles. The van der Waals surface area contributed by atoms with E-state index in [-0.39, 0.29) is 19.5 Å². The standard InChI is InChI=1S/C9H13N3O5/c1-5-8(16)11-6(13)4-12(5)9(17)10-3-2-7(14)15/h5H,2-4H2,1H3,(H,10,17)(H,14,15)(H,11,13,16). The summed E-state index contributed by atoms with van der Waals surface area (Å²) in [6.45, 7) is 1.22. The van der Waals surface area contributed by atoms with E-state index < -0.39 is 29.9 Å². The number of imide groups is 1. The number of amides is 4. The molecule has 1 aliphatic rings. The molecule has 8 nitrogen and oxygen atoms in total. The molecule has 17 heavy (non-hydrogen) atoms. The van der Waals surface area contributed by atoms with Crippen molar-refractivity contribution in [1.29, 1.82) is 0 Å². The number of aliphatic carboxylic acids is 1. The van der Waals surface area contributed by atoms with E-state index in [9.17, 15) is 19.2 Å². The van der Waals surface area contributed by atoms with Gasteiger partial charge in [-0.05, 0) is 6.92 Å². The summed E-state index contributed by atoms with van der Waals surface area (Å²) in [5, 5.41) is 12.8. The van der Waals surface area contributed by atoms with Gasteiger partial charge >= 0.3 is 12.0 Å². The number of piperazine rings is 1. The van der Waals surface area contributed by atoms with Crippen LogP contribution in [0.1, 0.15) is 13.3 Å². The first-order chi connectivity index (χ1) is 7.91. The number of nitrogens with zero attached hydrogens (tertiary/aromatic N) is 1. The number of carboxylic acids is 1. The number of urea groups is 1. The molecule has 0 bridgehead atoms. The third-order valence-corrected chi connectivity index (χ3v) is 2.30. The zero-order valence-corrected chi connectivity index (χ0v) is 9.23. The molecule has 0 radical (unpaired) electrons. The molecular formula is C9H13N3O5. The van der Waals surface area contributed by atoms with Gasteiger partial charge in [0.15, 0.2) is 0 Å². The second-order valence-corrected chi connectivity index (χ2v) is 3.59. The number of carboxylic acid groups (broad SMARTS) is 1. The summed E-state index contributed by atoms with van der Waals surface area (Å²) in [5.41, 5.74) is 0. The van der Waals surface area contributed by atoms with Crippen molar-refractivity contribution < 1.29 is 24.3 Å². The number of rotatable bonds is 3. The smallest absolute Gasteiger partial charge is 0.318 e. The summed E-state index contributed by atoms with van der Waals surface area (Å²) < 4.78 is 0. The van der Waals surface area contributed by atoms with Gasteiger partial charge in [-0.25, -0.2) is 4.79 Å². The topological polar surface area (TPSA) is 116 Å². The second-order valence-electron chi connectivity index (χ2n) is 3.59. The first kappa shape index (κ1) is 12.9. The SMILES string of the molecule is CC1C(=O)NC(=O)CN1C(=O)NCCC(=O)O. The fraction of sp³-hybridized carbons (Fsp3) is 0.556. The van der Waals surface area contributed by atoms with Crippen LogP contribution in [0.4, 0.5) is 4.79 Å². The summed E-state index contributed by atoms with van der Waals surface area (Å²) in [7, 11) is 0. The van der Waals surface area contributed by atoms with Crippen LogP contribution in [0.2, 0.25) is 0 Å². The van der Waals surface area contributed by atoms with Crippen LogP contribution in [-0.2, 0) is 14.4 Å². The quantitative estimate of drug-likeness (QED) is 0.523. The maximum absolute atomic E-state index is 11.6. The van der Waals surface area contributed by atoms with Crippen LogP contribution in [0.15, 0.2) is 0 Å². The molecule has 0 aliphatic carbocycles. The van der Waals surface area contributed by atoms with Crippen LogP contribution in [0.3, 0.4) is 0 Å². The minimum Gasteiger partial charge on any atom is -0.481 e. The Balaban J connectivity index is 2.52. The third-order valence-electron chi connectivity index (χ3n) is 2.30. The number of carbonyl (C=O) groups excluding carboxylic acids is 3. The Kier molecular flexibility index (Phi) is 4.02. The monoisotopic (exact) mass is 243 g/mol. The number of hydrogen-bond acceptors (Lipinski definition) is 4. The molecular weight excluding hydrogens is 230 g/mol. The highest BCUT2D eigenvalue weighted by atomic mass is 16.4. The highest BCUT2D eigenvalue weighted by molar-refractivity contribution is 6.03. The molecule has 1 unspecified atom stereocenters. The number of hydrogen-bond donors (Lipinski definition) is 3. The molecule has 1 fully saturated rings. The summed E-state index contributed by atoms with van der Waals surface area (Å²) in [5.74, 6) is -2.14. The highest BCUT2D eigenvalue weighted by Gasteiger charge is 2.33. The van der Waals surface area contributed by atoms with Crippen molar-refractivity contribution in [1.82, 2.24) is 15.5 Å². The first-order valence-electron chi connectivity index (χ1n) is 5.01. The Morgan fingerprint density at radius 2 is 2.18 bits per heavy atom. The first-order valence-corrected chi connectivity index (χ1v) is 5.01. The van der Waals surface area contributed by atoms with Crippen molar-refractivity contribution in [3.05, 3.63) is 0 Å². The maximum Gasteiger partial charge on any atom is 0.318 e. The normalized spacial score (nSPS) is 19.8. The molecule has 0 spiro atoms. The molecule has 8 heteroatoms. The van der Waals surface area contributed by atoms with E-state index in [1.807, 2.05) is 0 Å². The summed E-state index contributed by atoms with van der Waals surface area (Å²) in [6, 6.07) is -1.38. The molecule has 1 aliphatic heterocycles. The van der Waals surface area contributed by atoms with E-state index in [4.69, 9.17) is 5.11 Å². The third kappa shape index (κ3) is 3.44. The van der Waals surface area contributed by atoms with Crippen molar-refractivity contribution in [2.24, 2.45) is 0 Å². The van der Waals surface area contributed by atoms with Gasteiger partial charge in [0.1, 0.15) is 12.6 Å². The van der Waals surface area contributed by atoms with Crippen molar-refractivity contribution in [3.63, 3.8) is 0 Å². The lowest BCUT2D eigenvalue weighted by atomic mass is 10.2.